The van der Waals surface area contributed by atoms with Crippen LogP contribution in [-0.4, -0.2) is 10.7 Å². The molecule has 3 rings (SSSR count). The molecule has 23 heavy (non-hydrogen) atoms. The highest BCUT2D eigenvalue weighted by molar-refractivity contribution is 9.10. The van der Waals surface area contributed by atoms with E-state index in [1.807, 2.05) is 24.3 Å². The molecule has 2 atom stereocenters. The number of benzene rings is 2. The highest BCUT2D eigenvalue weighted by atomic mass is 79.9. The molecule has 6 heteroatoms. The molecule has 1 fully saturated rings. The van der Waals surface area contributed by atoms with E-state index in [2.05, 4.69) is 15.9 Å². The fourth-order valence-corrected chi connectivity index (χ4v) is 2.94. The van der Waals surface area contributed by atoms with Gasteiger partial charge >= 0.3 is 0 Å². The van der Waals surface area contributed by atoms with E-state index in [9.17, 15) is 14.9 Å². The number of nitro benzene ring substituents is 1. The standard InChI is InChI=1S/C17H14BrNO4/c18-13-5-1-11(2-6-13)16-9-15(20)10-17(23-16)12-3-7-14(8-4-12)19(21)22/h1-8,16-17H,9-10H2/t16-,17+/m0/s1. The molecule has 1 aliphatic rings. The van der Waals surface area contributed by atoms with Crippen LogP contribution in [0, 0.1) is 10.1 Å². The Morgan fingerprint density at radius 1 is 0.957 bits per heavy atom. The van der Waals surface area contributed by atoms with Gasteiger partial charge in [-0.15, -0.1) is 0 Å². The van der Waals surface area contributed by atoms with E-state index in [1.54, 1.807) is 12.1 Å². The van der Waals surface area contributed by atoms with Crippen molar-refractivity contribution in [1.82, 2.24) is 0 Å². The Bertz CT molecular complexity index is 727. The lowest BCUT2D eigenvalue weighted by Crippen LogP contribution is -2.23. The van der Waals surface area contributed by atoms with Crippen LogP contribution in [0.3, 0.4) is 0 Å². The molecule has 0 aromatic heterocycles. The van der Waals surface area contributed by atoms with Crippen LogP contribution in [0.15, 0.2) is 53.0 Å². The van der Waals surface area contributed by atoms with Crippen molar-refractivity contribution in [3.63, 3.8) is 0 Å². The van der Waals surface area contributed by atoms with Crippen molar-refractivity contribution in [3.8, 4) is 0 Å². The number of non-ortho nitro benzene ring substituents is 1. The van der Waals surface area contributed by atoms with Crippen LogP contribution in [0.25, 0.3) is 0 Å². The van der Waals surface area contributed by atoms with Gasteiger partial charge < -0.3 is 4.74 Å². The Labute approximate surface area is 141 Å². The zero-order valence-electron chi connectivity index (χ0n) is 12.1. The summed E-state index contributed by atoms with van der Waals surface area (Å²) in [7, 11) is 0. The SMILES string of the molecule is O=C1C[C@@H](c2ccc(Br)cc2)O[C@@H](c2ccc([N+](=O)[O-])cc2)C1. The number of halogens is 1. The molecule has 5 nitrogen and oxygen atoms in total. The van der Waals surface area contributed by atoms with Crippen LogP contribution >= 0.6 is 15.9 Å². The van der Waals surface area contributed by atoms with Gasteiger partial charge in [-0.05, 0) is 35.4 Å². The van der Waals surface area contributed by atoms with Crippen molar-refractivity contribution >= 4 is 27.4 Å². The number of rotatable bonds is 3. The van der Waals surface area contributed by atoms with E-state index >= 15 is 0 Å². The predicted molar refractivity (Wildman–Crippen MR) is 88.0 cm³/mol. The lowest BCUT2D eigenvalue weighted by Gasteiger charge is -2.30. The zero-order chi connectivity index (χ0) is 16.4. The first kappa shape index (κ1) is 15.8. The fraction of sp³-hybridized carbons (Fsp3) is 0.235. The molecule has 1 aliphatic heterocycles. The van der Waals surface area contributed by atoms with Gasteiger partial charge in [0, 0.05) is 29.4 Å². The molecule has 0 saturated carbocycles. The molecular weight excluding hydrogens is 362 g/mol. The molecule has 118 valence electrons. The average Bonchev–Trinajstić information content (AvgIpc) is 2.55. The van der Waals surface area contributed by atoms with Crippen molar-refractivity contribution in [2.24, 2.45) is 0 Å². The van der Waals surface area contributed by atoms with Gasteiger partial charge in [-0.2, -0.15) is 0 Å². The van der Waals surface area contributed by atoms with Crippen molar-refractivity contribution in [1.29, 1.82) is 0 Å². The quantitative estimate of drug-likeness (QED) is 0.584. The van der Waals surface area contributed by atoms with Crippen LogP contribution in [0.2, 0.25) is 0 Å². The number of nitrogens with zero attached hydrogens (tertiary/aromatic N) is 1. The monoisotopic (exact) mass is 375 g/mol. The van der Waals surface area contributed by atoms with Gasteiger partial charge in [0.05, 0.1) is 17.1 Å². The molecule has 0 spiro atoms. The molecule has 0 radical (unpaired) electrons. The second-order valence-corrected chi connectivity index (χ2v) is 6.38. The maximum Gasteiger partial charge on any atom is 0.269 e. The summed E-state index contributed by atoms with van der Waals surface area (Å²) >= 11 is 3.39. The van der Waals surface area contributed by atoms with Crippen LogP contribution in [0.5, 0.6) is 0 Å². The molecule has 0 amide bonds. The lowest BCUT2D eigenvalue weighted by atomic mass is 9.94. The van der Waals surface area contributed by atoms with Gasteiger partial charge in [0.2, 0.25) is 0 Å². The van der Waals surface area contributed by atoms with E-state index in [0.29, 0.717) is 12.8 Å². The molecular formula is C17H14BrNO4. The second-order valence-electron chi connectivity index (χ2n) is 5.46. The summed E-state index contributed by atoms with van der Waals surface area (Å²) < 4.78 is 7.03. The van der Waals surface area contributed by atoms with E-state index in [0.717, 1.165) is 15.6 Å². The normalized spacial score (nSPS) is 21.2. The summed E-state index contributed by atoms with van der Waals surface area (Å²) in [6, 6.07) is 13.9. The number of nitro groups is 1. The van der Waals surface area contributed by atoms with Crippen molar-refractivity contribution in [2.45, 2.75) is 25.0 Å². The molecule has 2 aromatic rings. The molecule has 0 unspecified atom stereocenters. The minimum Gasteiger partial charge on any atom is -0.365 e. The van der Waals surface area contributed by atoms with Gasteiger partial charge in [0.15, 0.2) is 0 Å². The van der Waals surface area contributed by atoms with Gasteiger partial charge in [-0.1, -0.05) is 28.1 Å². The molecule has 0 N–H and O–H groups in total. The highest BCUT2D eigenvalue weighted by Crippen LogP contribution is 2.37. The van der Waals surface area contributed by atoms with E-state index < -0.39 is 4.92 Å². The van der Waals surface area contributed by atoms with Crippen LogP contribution in [-0.2, 0) is 9.53 Å². The highest BCUT2D eigenvalue weighted by Gasteiger charge is 2.30. The maximum absolute atomic E-state index is 12.1. The third kappa shape index (κ3) is 3.65. The fourth-order valence-electron chi connectivity index (χ4n) is 2.67. The van der Waals surface area contributed by atoms with E-state index in [-0.39, 0.29) is 23.7 Å². The minimum atomic E-state index is -0.443. The first-order chi connectivity index (χ1) is 11.0. The molecule has 0 aliphatic carbocycles. The number of ketones is 1. The van der Waals surface area contributed by atoms with Gasteiger partial charge in [0.1, 0.15) is 5.78 Å². The maximum atomic E-state index is 12.1. The summed E-state index contributed by atoms with van der Waals surface area (Å²) in [4.78, 5) is 22.4. The lowest BCUT2D eigenvalue weighted by molar-refractivity contribution is -0.384. The first-order valence-corrected chi connectivity index (χ1v) is 7.99. The topological polar surface area (TPSA) is 69.4 Å². The third-order valence-corrected chi connectivity index (χ3v) is 4.40. The summed E-state index contributed by atoms with van der Waals surface area (Å²) in [5.41, 5.74) is 1.76. The van der Waals surface area contributed by atoms with Crippen molar-refractivity contribution in [2.75, 3.05) is 0 Å². The summed E-state index contributed by atoms with van der Waals surface area (Å²) in [6.07, 6.45) is -0.00842. The molecule has 0 bridgehead atoms. The second kappa shape index (κ2) is 6.60. The predicted octanol–water partition coefficient (Wildman–Crippen LogP) is 4.52. The Morgan fingerprint density at radius 3 is 1.91 bits per heavy atom. The summed E-state index contributed by atoms with van der Waals surface area (Å²) in [5, 5.41) is 10.7. The first-order valence-electron chi connectivity index (χ1n) is 7.20. The number of carbonyl (C=O) groups excluding carboxylic acids is 1. The van der Waals surface area contributed by atoms with Crippen LogP contribution in [0.4, 0.5) is 5.69 Å². The molecule has 1 heterocycles. The smallest absolute Gasteiger partial charge is 0.269 e. The molecule has 2 aromatic carbocycles. The Morgan fingerprint density at radius 2 is 1.43 bits per heavy atom. The zero-order valence-corrected chi connectivity index (χ0v) is 13.7. The number of ether oxygens (including phenoxy) is 1. The third-order valence-electron chi connectivity index (χ3n) is 3.87. The van der Waals surface area contributed by atoms with Gasteiger partial charge in [-0.25, -0.2) is 0 Å². The van der Waals surface area contributed by atoms with E-state index in [4.69, 9.17) is 4.74 Å². The minimum absolute atomic E-state index is 0.0281. The number of carbonyl (C=O) groups is 1. The largest absolute Gasteiger partial charge is 0.365 e. The van der Waals surface area contributed by atoms with Crippen molar-refractivity contribution < 1.29 is 14.5 Å². The Hall–Kier alpha value is -2.05. The average molecular weight is 376 g/mol. The van der Waals surface area contributed by atoms with Crippen LogP contribution in [0.1, 0.15) is 36.2 Å². The Balaban J connectivity index is 1.81. The Kier molecular flexibility index (Phi) is 4.54. The number of hydrogen-bond acceptors (Lipinski definition) is 4. The van der Waals surface area contributed by atoms with Gasteiger partial charge in [0.25, 0.3) is 5.69 Å². The van der Waals surface area contributed by atoms with Crippen molar-refractivity contribution in [3.05, 3.63) is 74.2 Å². The number of Topliss-reactive ketones (excluding diaryl/α,β-unsaturated/α-hetero) is 1. The van der Waals surface area contributed by atoms with Gasteiger partial charge in [-0.3, -0.25) is 14.9 Å². The summed E-state index contributed by atoms with van der Waals surface area (Å²) in [6.45, 7) is 0. The number of hydrogen-bond donors (Lipinski definition) is 0. The van der Waals surface area contributed by atoms with E-state index in [1.165, 1.54) is 12.1 Å². The molecule has 1 saturated heterocycles. The van der Waals surface area contributed by atoms with Crippen LogP contribution < -0.4 is 0 Å². The summed E-state index contributed by atoms with van der Waals surface area (Å²) in [5.74, 6) is 0.132.